The van der Waals surface area contributed by atoms with E-state index in [-0.39, 0.29) is 13.6 Å². The molecular formula is C12H10BrNO5S2. The van der Waals surface area contributed by atoms with Gasteiger partial charge in [0.25, 0.3) is 10.0 Å². The zero-order chi connectivity index (χ0) is 15.6. The summed E-state index contributed by atoms with van der Waals surface area (Å²) in [6.45, 7) is 0. The maximum Gasteiger partial charge on any atom is 0.345 e. The van der Waals surface area contributed by atoms with Gasteiger partial charge in [0, 0.05) is 5.69 Å². The summed E-state index contributed by atoms with van der Waals surface area (Å²) < 4.78 is 32.1. The lowest BCUT2D eigenvalue weighted by Crippen LogP contribution is -2.12. The number of anilines is 1. The first kappa shape index (κ1) is 15.8. The summed E-state index contributed by atoms with van der Waals surface area (Å²) in [5.41, 5.74) is 0.353. The summed E-state index contributed by atoms with van der Waals surface area (Å²) >= 11 is 3.92. The van der Waals surface area contributed by atoms with Gasteiger partial charge in [0.2, 0.25) is 0 Å². The average Bonchev–Trinajstić information content (AvgIpc) is 2.82. The highest BCUT2D eigenvalue weighted by atomic mass is 79.9. The van der Waals surface area contributed by atoms with Crippen molar-refractivity contribution in [2.24, 2.45) is 0 Å². The molecule has 1 aromatic carbocycles. The Morgan fingerprint density at radius 2 is 1.95 bits per heavy atom. The van der Waals surface area contributed by atoms with Crippen LogP contribution in [0.1, 0.15) is 9.67 Å². The number of thiophene rings is 1. The van der Waals surface area contributed by atoms with Gasteiger partial charge in [-0.3, -0.25) is 4.72 Å². The lowest BCUT2D eigenvalue weighted by atomic mass is 10.3. The standard InChI is InChI=1S/C12H10BrNO5S2/c1-19-8-4-2-7(3-5-8)14-21(17,18)10-6-9(12(15)16)20-11(10)13/h2-6,14H,1H3,(H,15,16). The van der Waals surface area contributed by atoms with Crippen molar-refractivity contribution in [3.8, 4) is 5.75 Å². The van der Waals surface area contributed by atoms with E-state index in [1.165, 1.54) is 7.11 Å². The third-order valence-electron chi connectivity index (χ3n) is 2.50. The van der Waals surface area contributed by atoms with Gasteiger partial charge in [0.15, 0.2) is 0 Å². The van der Waals surface area contributed by atoms with Gasteiger partial charge in [0.1, 0.15) is 15.5 Å². The molecule has 2 aromatic rings. The number of methoxy groups -OCH3 is 1. The molecule has 1 aromatic heterocycles. The van der Waals surface area contributed by atoms with E-state index in [1.807, 2.05) is 0 Å². The first-order valence-electron chi connectivity index (χ1n) is 5.53. The topological polar surface area (TPSA) is 92.7 Å². The molecular weight excluding hydrogens is 382 g/mol. The summed E-state index contributed by atoms with van der Waals surface area (Å²) in [6.07, 6.45) is 0. The normalized spacial score (nSPS) is 11.1. The molecule has 21 heavy (non-hydrogen) atoms. The van der Waals surface area contributed by atoms with Gasteiger partial charge in [0.05, 0.1) is 10.9 Å². The number of nitrogens with one attached hydrogen (secondary N) is 1. The first-order valence-corrected chi connectivity index (χ1v) is 8.62. The zero-order valence-corrected chi connectivity index (χ0v) is 13.9. The lowest BCUT2D eigenvalue weighted by Gasteiger charge is -2.07. The average molecular weight is 392 g/mol. The van der Waals surface area contributed by atoms with Gasteiger partial charge in [-0.1, -0.05) is 0 Å². The van der Waals surface area contributed by atoms with Gasteiger partial charge in [-0.15, -0.1) is 11.3 Å². The van der Waals surface area contributed by atoms with E-state index < -0.39 is 16.0 Å². The molecule has 0 radical (unpaired) electrons. The van der Waals surface area contributed by atoms with Gasteiger partial charge in [-0.2, -0.15) is 0 Å². The van der Waals surface area contributed by atoms with Crippen LogP contribution in [0.25, 0.3) is 0 Å². The van der Waals surface area contributed by atoms with E-state index in [0.29, 0.717) is 11.4 Å². The van der Waals surface area contributed by atoms with Crippen molar-refractivity contribution < 1.29 is 23.1 Å². The number of carbonyl (C=O) groups is 1. The molecule has 0 amide bonds. The summed E-state index contributed by atoms with van der Waals surface area (Å²) in [6, 6.07) is 7.44. The third kappa shape index (κ3) is 3.55. The molecule has 0 aliphatic rings. The summed E-state index contributed by atoms with van der Waals surface area (Å²) in [7, 11) is -2.36. The van der Waals surface area contributed by atoms with Crippen molar-refractivity contribution in [1.82, 2.24) is 0 Å². The number of benzene rings is 1. The summed E-state index contributed by atoms with van der Waals surface area (Å²) in [5, 5.41) is 8.90. The van der Waals surface area contributed by atoms with E-state index in [0.717, 1.165) is 17.4 Å². The van der Waals surface area contributed by atoms with Crippen molar-refractivity contribution in [3.05, 3.63) is 39.0 Å². The Morgan fingerprint density at radius 1 is 1.33 bits per heavy atom. The largest absolute Gasteiger partial charge is 0.497 e. The van der Waals surface area contributed by atoms with Crippen LogP contribution >= 0.6 is 27.3 Å². The fourth-order valence-corrected chi connectivity index (χ4v) is 4.97. The predicted molar refractivity (Wildman–Crippen MR) is 82.8 cm³/mol. The number of halogens is 1. The second-order valence-corrected chi connectivity index (χ2v) is 7.91. The Bertz CT molecular complexity index is 767. The summed E-state index contributed by atoms with van der Waals surface area (Å²) in [5.74, 6) is -0.575. The highest BCUT2D eigenvalue weighted by Crippen LogP contribution is 2.33. The molecule has 0 saturated carbocycles. The minimum atomic E-state index is -3.87. The van der Waals surface area contributed by atoms with E-state index in [2.05, 4.69) is 20.7 Å². The van der Waals surface area contributed by atoms with Crippen LogP contribution in [0.2, 0.25) is 0 Å². The Kier molecular flexibility index (Phi) is 4.55. The predicted octanol–water partition coefficient (Wildman–Crippen LogP) is 3.02. The second kappa shape index (κ2) is 6.04. The molecule has 0 aliphatic heterocycles. The minimum Gasteiger partial charge on any atom is -0.497 e. The number of hydrogen-bond acceptors (Lipinski definition) is 5. The molecule has 2 N–H and O–H groups in total. The zero-order valence-electron chi connectivity index (χ0n) is 10.7. The number of aromatic carboxylic acids is 1. The Hall–Kier alpha value is -1.58. The van der Waals surface area contributed by atoms with E-state index in [4.69, 9.17) is 9.84 Å². The monoisotopic (exact) mass is 391 g/mol. The molecule has 9 heteroatoms. The number of sulfonamides is 1. The SMILES string of the molecule is COc1ccc(NS(=O)(=O)c2cc(C(=O)O)sc2Br)cc1. The molecule has 0 spiro atoms. The first-order chi connectivity index (χ1) is 9.83. The van der Waals surface area contributed by atoms with Gasteiger partial charge in [-0.05, 0) is 46.3 Å². The van der Waals surface area contributed by atoms with Crippen LogP contribution in [0.4, 0.5) is 5.69 Å². The van der Waals surface area contributed by atoms with Crippen molar-refractivity contribution in [3.63, 3.8) is 0 Å². The van der Waals surface area contributed by atoms with Crippen LogP contribution in [0.15, 0.2) is 39.0 Å². The van der Waals surface area contributed by atoms with E-state index in [9.17, 15) is 13.2 Å². The van der Waals surface area contributed by atoms with Gasteiger partial charge >= 0.3 is 5.97 Å². The third-order valence-corrected chi connectivity index (χ3v) is 6.12. The van der Waals surface area contributed by atoms with Crippen LogP contribution < -0.4 is 9.46 Å². The number of rotatable bonds is 5. The van der Waals surface area contributed by atoms with Crippen molar-refractivity contribution >= 4 is 48.9 Å². The minimum absolute atomic E-state index is 0.0584. The summed E-state index contributed by atoms with van der Waals surface area (Å²) in [4.78, 5) is 10.7. The van der Waals surface area contributed by atoms with Crippen LogP contribution in [-0.4, -0.2) is 26.6 Å². The maximum atomic E-state index is 12.3. The second-order valence-electron chi connectivity index (χ2n) is 3.89. The quantitative estimate of drug-likeness (QED) is 0.816. The van der Waals surface area contributed by atoms with Crippen LogP contribution in [0.3, 0.4) is 0 Å². The van der Waals surface area contributed by atoms with Crippen molar-refractivity contribution in [1.29, 1.82) is 0 Å². The molecule has 0 unspecified atom stereocenters. The number of hydrogen-bond donors (Lipinski definition) is 2. The highest BCUT2D eigenvalue weighted by molar-refractivity contribution is 9.11. The van der Waals surface area contributed by atoms with Gasteiger partial charge < -0.3 is 9.84 Å². The Morgan fingerprint density at radius 3 is 2.43 bits per heavy atom. The van der Waals surface area contributed by atoms with Crippen LogP contribution in [-0.2, 0) is 10.0 Å². The fourth-order valence-electron chi connectivity index (χ4n) is 1.51. The lowest BCUT2D eigenvalue weighted by molar-refractivity contribution is 0.0702. The molecule has 0 aliphatic carbocycles. The van der Waals surface area contributed by atoms with E-state index in [1.54, 1.807) is 24.3 Å². The van der Waals surface area contributed by atoms with Crippen LogP contribution in [0, 0.1) is 0 Å². The number of carboxylic acid groups (broad SMARTS) is 1. The van der Waals surface area contributed by atoms with E-state index >= 15 is 0 Å². The van der Waals surface area contributed by atoms with Crippen molar-refractivity contribution in [2.45, 2.75) is 4.90 Å². The molecule has 6 nitrogen and oxygen atoms in total. The molecule has 112 valence electrons. The fraction of sp³-hybridized carbons (Fsp3) is 0.0833. The molecule has 2 rings (SSSR count). The molecule has 0 bridgehead atoms. The van der Waals surface area contributed by atoms with Crippen LogP contribution in [0.5, 0.6) is 5.75 Å². The number of ether oxygens (including phenoxy) is 1. The molecule has 0 fully saturated rings. The maximum absolute atomic E-state index is 12.3. The Labute approximate surface area is 133 Å². The molecule has 1 heterocycles. The molecule has 0 atom stereocenters. The smallest absolute Gasteiger partial charge is 0.345 e. The number of carboxylic acids is 1. The van der Waals surface area contributed by atoms with Gasteiger partial charge in [-0.25, -0.2) is 13.2 Å². The highest BCUT2D eigenvalue weighted by Gasteiger charge is 2.23. The van der Waals surface area contributed by atoms with Crippen molar-refractivity contribution in [2.75, 3.05) is 11.8 Å². The Balaban J connectivity index is 2.31. The molecule has 0 saturated heterocycles.